The van der Waals surface area contributed by atoms with Crippen LogP contribution in [0.2, 0.25) is 0 Å². The number of aromatic nitrogens is 2. The van der Waals surface area contributed by atoms with Gasteiger partial charge in [-0.05, 0) is 42.0 Å². The molecule has 0 bridgehead atoms. The zero-order chi connectivity index (χ0) is 19.2. The Bertz CT molecular complexity index is 1240. The Morgan fingerprint density at radius 1 is 1.00 bits per heavy atom. The van der Waals surface area contributed by atoms with Crippen molar-refractivity contribution < 1.29 is 8.42 Å². The molecule has 0 radical (unpaired) electrons. The number of rotatable bonds is 4. The second kappa shape index (κ2) is 6.28. The highest BCUT2D eigenvalue weighted by molar-refractivity contribution is 7.92. The zero-order valence-corrected chi connectivity index (χ0v) is 16.1. The van der Waals surface area contributed by atoms with Crippen molar-refractivity contribution in [1.29, 1.82) is 0 Å². The molecule has 0 unspecified atom stereocenters. The molecule has 0 aliphatic rings. The van der Waals surface area contributed by atoms with E-state index in [0.717, 1.165) is 38.8 Å². The highest BCUT2D eigenvalue weighted by atomic mass is 32.2. The maximum Gasteiger partial charge on any atom is 0.231 e. The number of hydrogen-bond donors (Lipinski definition) is 2. The first-order chi connectivity index (χ1) is 12.9. The number of nitrogens with one attached hydrogen (secondary N) is 2. The molecular weight excluding hydrogens is 360 g/mol. The fourth-order valence-corrected chi connectivity index (χ4v) is 3.65. The van der Waals surface area contributed by atoms with Gasteiger partial charge >= 0.3 is 0 Å². The maximum atomic E-state index is 11.7. The SMILES string of the molecule is CNc1ccc2[nH]c3ncc(-c4ccc(N(C)S(C)(=O)=O)cc4)cc3c2c1. The number of fused-ring (bicyclic) bond motifs is 3. The predicted molar refractivity (Wildman–Crippen MR) is 112 cm³/mol. The van der Waals surface area contributed by atoms with Gasteiger partial charge in [0.25, 0.3) is 0 Å². The van der Waals surface area contributed by atoms with Crippen LogP contribution in [0.1, 0.15) is 0 Å². The average Bonchev–Trinajstić information content (AvgIpc) is 3.03. The van der Waals surface area contributed by atoms with E-state index in [-0.39, 0.29) is 0 Å². The van der Waals surface area contributed by atoms with Crippen LogP contribution in [0, 0.1) is 0 Å². The normalized spacial score (nSPS) is 11.8. The largest absolute Gasteiger partial charge is 0.388 e. The van der Waals surface area contributed by atoms with E-state index in [1.54, 1.807) is 19.2 Å². The fourth-order valence-electron chi connectivity index (χ4n) is 3.14. The van der Waals surface area contributed by atoms with Crippen LogP contribution in [0.15, 0.2) is 54.7 Å². The molecule has 0 spiro atoms. The lowest BCUT2D eigenvalue weighted by Crippen LogP contribution is -2.24. The van der Waals surface area contributed by atoms with E-state index in [0.29, 0.717) is 5.69 Å². The van der Waals surface area contributed by atoms with Gasteiger partial charge in [0, 0.05) is 47.8 Å². The number of benzene rings is 2. The molecule has 138 valence electrons. The predicted octanol–water partition coefficient (Wildman–Crippen LogP) is 3.82. The Labute approximate surface area is 157 Å². The molecule has 27 heavy (non-hydrogen) atoms. The van der Waals surface area contributed by atoms with Crippen molar-refractivity contribution >= 4 is 43.3 Å². The van der Waals surface area contributed by atoms with E-state index in [1.165, 1.54) is 10.6 Å². The van der Waals surface area contributed by atoms with Crippen molar-refractivity contribution in [3.8, 4) is 11.1 Å². The second-order valence-corrected chi connectivity index (χ2v) is 8.55. The molecule has 2 aromatic carbocycles. The molecule has 0 aliphatic carbocycles. The monoisotopic (exact) mass is 380 g/mol. The molecule has 7 heteroatoms. The minimum atomic E-state index is -3.27. The van der Waals surface area contributed by atoms with Gasteiger partial charge < -0.3 is 10.3 Å². The summed E-state index contributed by atoms with van der Waals surface area (Å²) in [7, 11) is 0.168. The van der Waals surface area contributed by atoms with Crippen molar-refractivity contribution in [3.05, 3.63) is 54.7 Å². The van der Waals surface area contributed by atoms with Gasteiger partial charge in [0.15, 0.2) is 0 Å². The van der Waals surface area contributed by atoms with E-state index in [1.807, 2.05) is 37.5 Å². The number of H-pyrrole nitrogens is 1. The Morgan fingerprint density at radius 2 is 1.74 bits per heavy atom. The van der Waals surface area contributed by atoms with Crippen molar-refractivity contribution in [2.45, 2.75) is 0 Å². The number of anilines is 2. The third-order valence-corrected chi connectivity index (χ3v) is 6.01. The molecule has 2 N–H and O–H groups in total. The lowest BCUT2D eigenvalue weighted by Gasteiger charge is -2.16. The van der Waals surface area contributed by atoms with Crippen LogP contribution in [0.4, 0.5) is 11.4 Å². The molecule has 4 aromatic rings. The summed E-state index contributed by atoms with van der Waals surface area (Å²) < 4.78 is 24.6. The van der Waals surface area contributed by atoms with E-state index < -0.39 is 10.0 Å². The summed E-state index contributed by atoms with van der Waals surface area (Å²) in [4.78, 5) is 7.90. The zero-order valence-electron chi connectivity index (χ0n) is 15.3. The number of nitrogens with zero attached hydrogens (tertiary/aromatic N) is 2. The summed E-state index contributed by atoms with van der Waals surface area (Å²) >= 11 is 0. The van der Waals surface area contributed by atoms with Crippen molar-refractivity contribution in [1.82, 2.24) is 9.97 Å². The molecule has 0 aliphatic heterocycles. The van der Waals surface area contributed by atoms with Crippen LogP contribution in [0.5, 0.6) is 0 Å². The summed E-state index contributed by atoms with van der Waals surface area (Å²) in [5.74, 6) is 0. The summed E-state index contributed by atoms with van der Waals surface area (Å²) in [5, 5.41) is 5.32. The first-order valence-corrected chi connectivity index (χ1v) is 10.4. The lowest BCUT2D eigenvalue weighted by atomic mass is 10.1. The van der Waals surface area contributed by atoms with Gasteiger partial charge in [0.05, 0.1) is 11.9 Å². The molecule has 0 amide bonds. The number of sulfonamides is 1. The Balaban J connectivity index is 1.78. The van der Waals surface area contributed by atoms with Crippen LogP contribution in [0.3, 0.4) is 0 Å². The van der Waals surface area contributed by atoms with E-state index >= 15 is 0 Å². The molecule has 0 saturated carbocycles. The van der Waals surface area contributed by atoms with Gasteiger partial charge in [-0.25, -0.2) is 13.4 Å². The van der Waals surface area contributed by atoms with Gasteiger partial charge in [-0.3, -0.25) is 4.31 Å². The maximum absolute atomic E-state index is 11.7. The van der Waals surface area contributed by atoms with Crippen LogP contribution in [0.25, 0.3) is 33.1 Å². The average molecular weight is 380 g/mol. The molecule has 4 rings (SSSR count). The Hall–Kier alpha value is -3.06. The highest BCUT2D eigenvalue weighted by Gasteiger charge is 2.12. The van der Waals surface area contributed by atoms with Crippen LogP contribution >= 0.6 is 0 Å². The molecule has 0 saturated heterocycles. The minimum absolute atomic E-state index is 0.626. The first-order valence-electron chi connectivity index (χ1n) is 8.50. The molecule has 2 heterocycles. The topological polar surface area (TPSA) is 78.1 Å². The van der Waals surface area contributed by atoms with Crippen molar-refractivity contribution in [2.24, 2.45) is 0 Å². The van der Waals surface area contributed by atoms with Gasteiger partial charge in [-0.2, -0.15) is 0 Å². The van der Waals surface area contributed by atoms with Gasteiger partial charge in [-0.15, -0.1) is 0 Å². The molecule has 0 atom stereocenters. The standard InChI is InChI=1S/C20H20N4O2S/c1-21-15-6-9-19-17(11-15)18-10-14(12-22-20(18)23-19)13-4-7-16(8-5-13)24(2)27(3,25)26/h4-12,21H,1-3H3,(H,22,23). The third-order valence-electron chi connectivity index (χ3n) is 4.80. The van der Waals surface area contributed by atoms with Gasteiger partial charge in [-0.1, -0.05) is 12.1 Å². The summed E-state index contributed by atoms with van der Waals surface area (Å²) in [6, 6.07) is 15.7. The first kappa shape index (κ1) is 17.4. The fraction of sp³-hybridized carbons (Fsp3) is 0.150. The van der Waals surface area contributed by atoms with Crippen LogP contribution in [-0.4, -0.2) is 38.7 Å². The quantitative estimate of drug-likeness (QED) is 0.564. The number of hydrogen-bond acceptors (Lipinski definition) is 4. The highest BCUT2D eigenvalue weighted by Crippen LogP contribution is 2.31. The van der Waals surface area contributed by atoms with Crippen LogP contribution < -0.4 is 9.62 Å². The molecule has 2 aromatic heterocycles. The van der Waals surface area contributed by atoms with E-state index in [9.17, 15) is 8.42 Å². The lowest BCUT2D eigenvalue weighted by molar-refractivity contribution is 0.600. The second-order valence-electron chi connectivity index (χ2n) is 6.53. The van der Waals surface area contributed by atoms with Crippen molar-refractivity contribution in [3.63, 3.8) is 0 Å². The van der Waals surface area contributed by atoms with E-state index in [4.69, 9.17) is 0 Å². The third kappa shape index (κ3) is 3.10. The van der Waals surface area contributed by atoms with Crippen LogP contribution in [-0.2, 0) is 10.0 Å². The van der Waals surface area contributed by atoms with E-state index in [2.05, 4.69) is 27.4 Å². The van der Waals surface area contributed by atoms with Gasteiger partial charge in [0.1, 0.15) is 5.65 Å². The molecule has 6 nitrogen and oxygen atoms in total. The minimum Gasteiger partial charge on any atom is -0.388 e. The number of pyridine rings is 1. The molecular formula is C20H20N4O2S. The summed E-state index contributed by atoms with van der Waals surface area (Å²) in [6.07, 6.45) is 3.02. The smallest absolute Gasteiger partial charge is 0.231 e. The van der Waals surface area contributed by atoms with Gasteiger partial charge in [0.2, 0.25) is 10.0 Å². The Kier molecular flexibility index (Phi) is 4.04. The summed E-state index contributed by atoms with van der Waals surface area (Å²) in [6.45, 7) is 0. The summed E-state index contributed by atoms with van der Waals surface area (Å²) in [5.41, 5.74) is 5.51. The Morgan fingerprint density at radius 3 is 2.41 bits per heavy atom. The number of aromatic amines is 1. The van der Waals surface area contributed by atoms with Crippen molar-refractivity contribution in [2.75, 3.05) is 30.0 Å². The molecule has 0 fully saturated rings.